The van der Waals surface area contributed by atoms with Crippen molar-refractivity contribution in [2.45, 2.75) is 0 Å². The number of aromatic amines is 1. The quantitative estimate of drug-likeness (QED) is 0.0180. The third-order valence-electron chi connectivity index (χ3n) is 23.6. The Morgan fingerprint density at radius 1 is 0.297 bits per heavy atom. The predicted octanol–water partition coefficient (Wildman–Crippen LogP) is 30.5. The topological polar surface area (TPSA) is 271 Å². The first-order valence-corrected chi connectivity index (χ1v) is 49.7. The molecular weight excluding hydrogens is 2020 g/mol. The average molecular weight is 2090 g/mol. The number of carbonyl (C=O) groups excluding carboxylic acids is 2. The summed E-state index contributed by atoms with van der Waals surface area (Å²) in [7, 11) is -2.96. The van der Waals surface area contributed by atoms with Crippen LogP contribution in [0.2, 0.25) is 45.3 Å². The number of nitrogens with two attached hydrogens (primary N) is 2. The number of aldehydes is 2. The summed E-state index contributed by atoms with van der Waals surface area (Å²) in [6.07, 6.45) is 1.50. The van der Waals surface area contributed by atoms with Gasteiger partial charge >= 0.3 is 14.9 Å². The molecule has 0 saturated heterocycles. The van der Waals surface area contributed by atoms with Crippen LogP contribution in [0.25, 0.3) is 176 Å². The Kier molecular flexibility index (Phi) is 30.0. The third kappa shape index (κ3) is 21.6. The first kappa shape index (κ1) is 98.4. The number of nitrogens with zero attached hydrogens (tertiary/aromatic N) is 10. The summed E-state index contributed by atoms with van der Waals surface area (Å²) in [6, 6.07) is 127. The van der Waals surface area contributed by atoms with Gasteiger partial charge in [0.15, 0.2) is 23.2 Å². The summed E-state index contributed by atoms with van der Waals surface area (Å²) in [5.41, 5.74) is 33.3. The highest BCUT2D eigenvalue weighted by Gasteiger charge is 2.25. The van der Waals surface area contributed by atoms with Crippen LogP contribution in [0.5, 0.6) is 0 Å². The minimum Gasteiger partial charge on any atom is -0.423 e. The molecule has 7 N–H and O–H groups in total. The lowest BCUT2D eigenvalue weighted by atomic mass is 9.80. The molecule has 26 rings (SSSR count). The lowest BCUT2D eigenvalue weighted by Gasteiger charge is -2.11. The zero-order valence-electron chi connectivity index (χ0n) is 75.9. The van der Waals surface area contributed by atoms with Crippen LogP contribution in [0.1, 0.15) is 20.7 Å². The molecule has 0 aliphatic heterocycles. The minimum atomic E-state index is -1.54. The molecule has 0 saturated carbocycles. The van der Waals surface area contributed by atoms with E-state index in [0.717, 1.165) is 182 Å². The number of halogens is 9. The number of aromatic nitrogens is 11. The van der Waals surface area contributed by atoms with Gasteiger partial charge in [-0.25, -0.2) is 39.9 Å². The van der Waals surface area contributed by atoms with Crippen molar-refractivity contribution in [1.82, 2.24) is 53.7 Å². The third-order valence-corrected chi connectivity index (χ3v) is 27.6. The van der Waals surface area contributed by atoms with Crippen LogP contribution in [0.3, 0.4) is 0 Å². The standard InChI is InChI=1S/C22H13Cl2N3.2C22H12ClN3.C16H9Cl2NO.C12H10OP.C10H6ClNO.C6H5BCl2O2.C6H8N2/c23-14-9-10-15(17(24)12-14)21-16(11-13-5-1-2-6-18(13)25-21)22-26-19-7-3-4-8-20(19)27-22;2*23-14-9-10-15-20(12-14)26-19-8-4-3-7-18(19)25-22(26)16-11-13-5-1-2-6-17(13)24-21(15)16;17-12-5-6-13(14(18)8-12)16-11(9-20)7-10-3-1-2-4-15(10)19-16;13-14(11-7-3-1-4-8-11)12-9-5-2-6-10-12;11-10-8(6-13)5-7-3-1-2-4-9(7)12-10;8-4-1-2-5(7(10)11)6(9)3-4;7-5-3-1-2-4-6(5)8/h1-12H,(H,26,27);2*1-12H;1-9H;1-10H;1-6H;1-3,10-11H;1-4H,7-8H2/q;;;;+1;;;. The summed E-state index contributed by atoms with van der Waals surface area (Å²) in [5, 5.41) is 33.1. The largest absolute Gasteiger partial charge is 0.489 e. The molecule has 26 aromatic rings. The number of nitrogens with one attached hydrogen (secondary N) is 1. The van der Waals surface area contributed by atoms with Crippen LogP contribution < -0.4 is 27.5 Å². The van der Waals surface area contributed by atoms with Gasteiger partial charge in [0.05, 0.1) is 121 Å². The number of nitrogen functional groups attached to an aromatic ring is 2. The molecule has 0 aliphatic carbocycles. The highest BCUT2D eigenvalue weighted by atomic mass is 35.5. The van der Waals surface area contributed by atoms with Gasteiger partial charge in [0, 0.05) is 106 Å². The number of hydrogen-bond acceptors (Lipinski definition) is 15. The van der Waals surface area contributed by atoms with E-state index in [1.54, 1.807) is 48.5 Å². The zero-order valence-corrected chi connectivity index (χ0v) is 83.6. The maximum absolute atomic E-state index is 12.0. The normalized spacial score (nSPS) is 11.0. The molecule has 0 amide bonds. The number of benzene rings is 16. The number of pyridine rings is 7. The number of hydrogen-bond donors (Lipinski definition) is 5. The molecule has 704 valence electrons. The maximum Gasteiger partial charge on any atom is 0.489 e. The number of rotatable bonds is 8. The van der Waals surface area contributed by atoms with Gasteiger partial charge in [0.25, 0.3) is 0 Å². The molecule has 0 radical (unpaired) electrons. The molecule has 145 heavy (non-hydrogen) atoms. The molecule has 0 fully saturated rings. The molecule has 18 nitrogen and oxygen atoms in total. The van der Waals surface area contributed by atoms with E-state index in [1.807, 2.05) is 285 Å². The molecule has 16 aromatic carbocycles. The molecule has 0 bridgehead atoms. The van der Waals surface area contributed by atoms with E-state index in [-0.39, 0.29) is 15.6 Å². The Labute approximate surface area is 874 Å². The Hall–Kier alpha value is -15.4. The fourth-order valence-electron chi connectivity index (χ4n) is 16.7. The van der Waals surface area contributed by atoms with Gasteiger partial charge in [0.2, 0.25) is 0 Å². The minimum absolute atomic E-state index is 0.257. The fourth-order valence-corrected chi connectivity index (χ4v) is 19.9. The summed E-state index contributed by atoms with van der Waals surface area (Å²) < 4.78 is 16.4. The van der Waals surface area contributed by atoms with Crippen molar-refractivity contribution in [3.8, 4) is 33.9 Å². The second-order valence-electron chi connectivity index (χ2n) is 33.0. The summed E-state index contributed by atoms with van der Waals surface area (Å²) >= 11 is 54.3. The van der Waals surface area contributed by atoms with Crippen LogP contribution in [0, 0.1) is 0 Å². The van der Waals surface area contributed by atoms with Gasteiger partial charge in [-0.2, -0.15) is 0 Å². The van der Waals surface area contributed by atoms with Crippen LogP contribution in [-0.4, -0.2) is 83.4 Å². The van der Waals surface area contributed by atoms with Gasteiger partial charge in [-0.15, -0.1) is 0 Å². The van der Waals surface area contributed by atoms with Crippen molar-refractivity contribution in [2.24, 2.45) is 0 Å². The number of imidazole rings is 3. The van der Waals surface area contributed by atoms with Crippen molar-refractivity contribution < 1.29 is 24.2 Å². The van der Waals surface area contributed by atoms with Crippen molar-refractivity contribution in [1.29, 1.82) is 0 Å². The molecule has 29 heteroatoms. The van der Waals surface area contributed by atoms with Crippen molar-refractivity contribution in [3.05, 3.63) is 457 Å². The van der Waals surface area contributed by atoms with E-state index in [4.69, 9.17) is 156 Å². The average Bonchev–Trinajstić information content (AvgIpc) is 1.54. The predicted molar refractivity (Wildman–Crippen MR) is 604 cm³/mol. The fraction of sp³-hybridized carbons (Fsp3) is 0. The summed E-state index contributed by atoms with van der Waals surface area (Å²) in [6.45, 7) is 0. The lowest BCUT2D eigenvalue weighted by Crippen LogP contribution is -2.30. The maximum atomic E-state index is 12.0. The van der Waals surface area contributed by atoms with E-state index in [0.29, 0.717) is 75.2 Å². The number of H-pyrrole nitrogens is 1. The second kappa shape index (κ2) is 44.2. The van der Waals surface area contributed by atoms with Crippen LogP contribution >= 0.6 is 112 Å². The molecule has 0 atom stereocenters. The zero-order chi connectivity index (χ0) is 100. The summed E-state index contributed by atoms with van der Waals surface area (Å²) in [5.74, 6) is 0.760. The molecule has 10 heterocycles. The van der Waals surface area contributed by atoms with Gasteiger partial charge < -0.3 is 26.5 Å². The van der Waals surface area contributed by atoms with Crippen molar-refractivity contribution in [2.75, 3.05) is 11.5 Å². The van der Waals surface area contributed by atoms with E-state index in [1.165, 1.54) is 12.1 Å². The number of fused-ring (bicyclic) bond motifs is 22. The van der Waals surface area contributed by atoms with Crippen LogP contribution in [-0.2, 0) is 4.57 Å². The molecule has 10 aromatic heterocycles. The first-order chi connectivity index (χ1) is 70.6. The van der Waals surface area contributed by atoms with Gasteiger partial charge in [0.1, 0.15) is 22.3 Å². The molecule has 0 aliphatic rings. The van der Waals surface area contributed by atoms with Crippen molar-refractivity contribution >= 4 is 302 Å². The van der Waals surface area contributed by atoms with Gasteiger partial charge in [-0.05, 0) is 218 Å². The highest BCUT2D eigenvalue weighted by Crippen LogP contribution is 2.42. The van der Waals surface area contributed by atoms with Gasteiger partial charge in [-0.3, -0.25) is 18.4 Å². The van der Waals surface area contributed by atoms with E-state index in [2.05, 4.69) is 78.4 Å². The first-order valence-electron chi connectivity index (χ1n) is 45.0. The molecule has 0 spiro atoms. The number of carbonyl (C=O) groups is 2. The van der Waals surface area contributed by atoms with E-state index < -0.39 is 14.9 Å². The Morgan fingerprint density at radius 3 is 1.10 bits per heavy atom. The van der Waals surface area contributed by atoms with E-state index >= 15 is 0 Å². The molecular formula is C116H75BCl9N13O5P+. The van der Waals surface area contributed by atoms with Crippen LogP contribution in [0.4, 0.5) is 11.4 Å². The SMILES string of the molecule is Clc1ccc(-c2nc3ccccc3cc2-c2nc3ccccc3[nH]2)c(Cl)c1.Clc1ccc2c3nc4ccccc4cc3c3nc4ccccc4n3c2c1.Clc1ccc2c3nc4ccccc4cc3c3nc4ccccc4n3c2c1.Nc1ccccc1N.O=Cc1cc2ccccc2nc1-c1ccc(Cl)cc1Cl.O=Cc1cc2ccccc2nc1Cl.O=[P+](c1ccccc1)c1ccccc1.OB(O)c1ccc(Cl)cc1Cl. The number of anilines is 2. The molecule has 0 unspecified atom stereocenters. The second-order valence-corrected chi connectivity index (χ2v) is 38.4. The van der Waals surface area contributed by atoms with E-state index in [9.17, 15) is 14.2 Å². The van der Waals surface area contributed by atoms with Crippen LogP contribution in [0.15, 0.2) is 400 Å². The monoisotopic (exact) mass is 2090 g/mol. The number of para-hydroxylation sites is 13. The summed E-state index contributed by atoms with van der Waals surface area (Å²) in [4.78, 5) is 63.3. The smallest absolute Gasteiger partial charge is 0.423 e. The lowest BCUT2D eigenvalue weighted by molar-refractivity contribution is 0.111. The van der Waals surface area contributed by atoms with Crippen molar-refractivity contribution in [3.63, 3.8) is 0 Å². The van der Waals surface area contributed by atoms with Gasteiger partial charge in [-0.1, -0.05) is 291 Å². The Morgan fingerprint density at radius 2 is 0.655 bits per heavy atom. The Balaban J connectivity index is 0.000000108. The Bertz CT molecular complexity index is 9160. The highest BCUT2D eigenvalue weighted by molar-refractivity contribution is 7.61.